The van der Waals surface area contributed by atoms with E-state index in [1.807, 2.05) is 24.3 Å². The molecule has 0 bridgehead atoms. The van der Waals surface area contributed by atoms with Crippen LogP contribution < -0.4 is 10.2 Å². The Labute approximate surface area is 153 Å². The molecule has 25 heavy (non-hydrogen) atoms. The first-order chi connectivity index (χ1) is 12.2. The van der Waals surface area contributed by atoms with Crippen LogP contribution in [0.25, 0.3) is 0 Å². The van der Waals surface area contributed by atoms with Gasteiger partial charge in [0.2, 0.25) is 0 Å². The van der Waals surface area contributed by atoms with Crippen LogP contribution in [0, 0.1) is 0 Å². The van der Waals surface area contributed by atoms with E-state index in [0.29, 0.717) is 11.4 Å². The Morgan fingerprint density at radius 2 is 1.92 bits per heavy atom. The maximum Gasteiger partial charge on any atom is 0.256 e. The first-order valence-corrected chi connectivity index (χ1v) is 8.76. The molecule has 0 aliphatic carbocycles. The minimum atomic E-state index is -0.213. The molecular formula is C19H15BrN4O. The molecule has 3 aromatic rings. The van der Waals surface area contributed by atoms with Crippen LogP contribution in [0.3, 0.4) is 0 Å². The van der Waals surface area contributed by atoms with Gasteiger partial charge in [0.1, 0.15) is 0 Å². The van der Waals surface area contributed by atoms with E-state index in [2.05, 4.69) is 54.5 Å². The van der Waals surface area contributed by atoms with E-state index in [1.165, 1.54) is 11.3 Å². The number of aromatic nitrogens is 2. The lowest BCUT2D eigenvalue weighted by atomic mass is 10.2. The standard InChI is InChI=1S/C19H15BrN4O/c20-15-6-3-5-14(12-15)19(25)21-17-8-9-18(23-22-17)24-11-10-13-4-1-2-7-16(13)24/h1-9,12H,10-11H2,(H,21,22,25). The predicted octanol–water partition coefficient (Wildman–Crippen LogP) is 4.19. The molecule has 124 valence electrons. The summed E-state index contributed by atoms with van der Waals surface area (Å²) in [5.74, 6) is 1.00. The molecule has 1 aliphatic heterocycles. The SMILES string of the molecule is O=C(Nc1ccc(N2CCc3ccccc32)nn1)c1cccc(Br)c1. The molecule has 1 amide bonds. The Hall–Kier alpha value is -2.73. The van der Waals surface area contributed by atoms with Crippen LogP contribution in [0.2, 0.25) is 0 Å². The molecule has 0 saturated carbocycles. The zero-order valence-electron chi connectivity index (χ0n) is 13.3. The maximum atomic E-state index is 12.3. The molecule has 5 nitrogen and oxygen atoms in total. The number of nitrogens with one attached hydrogen (secondary N) is 1. The van der Waals surface area contributed by atoms with Crippen molar-refractivity contribution >= 4 is 39.2 Å². The fourth-order valence-corrected chi connectivity index (χ4v) is 3.33. The van der Waals surface area contributed by atoms with Gasteiger partial charge in [-0.3, -0.25) is 4.79 Å². The summed E-state index contributed by atoms with van der Waals surface area (Å²) in [5.41, 5.74) is 3.05. The summed E-state index contributed by atoms with van der Waals surface area (Å²) in [4.78, 5) is 14.4. The monoisotopic (exact) mass is 394 g/mol. The minimum Gasteiger partial charge on any atom is -0.324 e. The summed E-state index contributed by atoms with van der Waals surface area (Å²) < 4.78 is 0.856. The topological polar surface area (TPSA) is 58.1 Å². The second-order valence-electron chi connectivity index (χ2n) is 5.77. The second-order valence-corrected chi connectivity index (χ2v) is 6.69. The van der Waals surface area contributed by atoms with Gasteiger partial charge in [-0.25, -0.2) is 0 Å². The van der Waals surface area contributed by atoms with Crippen LogP contribution in [-0.2, 0) is 6.42 Å². The van der Waals surface area contributed by atoms with E-state index in [-0.39, 0.29) is 5.91 Å². The number of anilines is 3. The van der Waals surface area contributed by atoms with Crippen LogP contribution in [-0.4, -0.2) is 22.6 Å². The van der Waals surface area contributed by atoms with E-state index >= 15 is 0 Å². The van der Waals surface area contributed by atoms with Gasteiger partial charge in [-0.15, -0.1) is 10.2 Å². The van der Waals surface area contributed by atoms with Gasteiger partial charge >= 0.3 is 0 Å². The van der Waals surface area contributed by atoms with Crippen LogP contribution >= 0.6 is 15.9 Å². The highest BCUT2D eigenvalue weighted by Gasteiger charge is 2.21. The van der Waals surface area contributed by atoms with Gasteiger partial charge < -0.3 is 10.2 Å². The number of amides is 1. The quantitative estimate of drug-likeness (QED) is 0.723. The molecule has 0 saturated heterocycles. The normalized spacial score (nSPS) is 12.8. The third kappa shape index (κ3) is 3.25. The summed E-state index contributed by atoms with van der Waals surface area (Å²) >= 11 is 3.36. The molecule has 0 spiro atoms. The lowest BCUT2D eigenvalue weighted by Crippen LogP contribution is -2.17. The summed E-state index contributed by atoms with van der Waals surface area (Å²) in [6.45, 7) is 0.887. The van der Waals surface area contributed by atoms with E-state index in [4.69, 9.17) is 0 Å². The Morgan fingerprint density at radius 3 is 2.72 bits per heavy atom. The lowest BCUT2D eigenvalue weighted by molar-refractivity contribution is 0.102. The Bertz CT molecular complexity index is 927. The first kappa shape index (κ1) is 15.8. The summed E-state index contributed by atoms with van der Waals surface area (Å²) in [5, 5.41) is 11.2. The number of nitrogens with zero attached hydrogens (tertiary/aromatic N) is 3. The zero-order chi connectivity index (χ0) is 17.2. The highest BCUT2D eigenvalue weighted by Crippen LogP contribution is 2.32. The minimum absolute atomic E-state index is 0.213. The number of para-hydroxylation sites is 1. The van der Waals surface area contributed by atoms with Gasteiger partial charge in [0.15, 0.2) is 11.6 Å². The highest BCUT2D eigenvalue weighted by molar-refractivity contribution is 9.10. The number of carbonyl (C=O) groups is 1. The number of benzene rings is 2. The molecule has 4 rings (SSSR count). The zero-order valence-corrected chi connectivity index (χ0v) is 14.9. The van der Waals surface area contributed by atoms with Crippen LogP contribution in [0.15, 0.2) is 65.1 Å². The number of hydrogen-bond donors (Lipinski definition) is 1. The molecule has 0 radical (unpaired) electrons. The Morgan fingerprint density at radius 1 is 1.04 bits per heavy atom. The van der Waals surface area contributed by atoms with Crippen LogP contribution in [0.4, 0.5) is 17.3 Å². The van der Waals surface area contributed by atoms with Gasteiger partial charge in [0, 0.05) is 22.3 Å². The third-order valence-corrected chi connectivity index (χ3v) is 4.64. The average molecular weight is 395 g/mol. The first-order valence-electron chi connectivity index (χ1n) is 7.97. The summed E-state index contributed by atoms with van der Waals surface area (Å²) in [6.07, 6.45) is 0.999. The molecule has 0 atom stereocenters. The van der Waals surface area contributed by atoms with Gasteiger partial charge in [-0.05, 0) is 48.4 Å². The van der Waals surface area contributed by atoms with Gasteiger partial charge in [-0.1, -0.05) is 40.2 Å². The number of fused-ring (bicyclic) bond motifs is 1. The van der Waals surface area contributed by atoms with E-state index < -0.39 is 0 Å². The van der Waals surface area contributed by atoms with Gasteiger partial charge in [-0.2, -0.15) is 0 Å². The van der Waals surface area contributed by atoms with Crippen molar-refractivity contribution in [3.63, 3.8) is 0 Å². The lowest BCUT2D eigenvalue weighted by Gasteiger charge is -2.17. The Kier molecular flexibility index (Phi) is 4.19. The summed E-state index contributed by atoms with van der Waals surface area (Å²) in [7, 11) is 0. The van der Waals surface area contributed by atoms with Crippen LogP contribution in [0.1, 0.15) is 15.9 Å². The second kappa shape index (κ2) is 6.64. The van der Waals surface area contributed by atoms with Crippen molar-refractivity contribution in [3.05, 3.63) is 76.3 Å². The van der Waals surface area contributed by atoms with Crippen LogP contribution in [0.5, 0.6) is 0 Å². The predicted molar refractivity (Wildman–Crippen MR) is 101 cm³/mol. The average Bonchev–Trinajstić information content (AvgIpc) is 3.06. The maximum absolute atomic E-state index is 12.3. The number of carbonyl (C=O) groups excluding carboxylic acids is 1. The fraction of sp³-hybridized carbons (Fsp3) is 0.105. The van der Waals surface area contributed by atoms with E-state index in [1.54, 1.807) is 18.2 Å². The van der Waals surface area contributed by atoms with Crippen molar-refractivity contribution < 1.29 is 4.79 Å². The van der Waals surface area contributed by atoms with E-state index in [9.17, 15) is 4.79 Å². The van der Waals surface area contributed by atoms with Gasteiger partial charge in [0.25, 0.3) is 5.91 Å². The largest absolute Gasteiger partial charge is 0.324 e. The molecule has 6 heteroatoms. The smallest absolute Gasteiger partial charge is 0.256 e. The third-order valence-electron chi connectivity index (χ3n) is 4.14. The van der Waals surface area contributed by atoms with Crippen molar-refractivity contribution in [1.29, 1.82) is 0 Å². The molecular weight excluding hydrogens is 380 g/mol. The number of rotatable bonds is 3. The van der Waals surface area contributed by atoms with Gasteiger partial charge in [0.05, 0.1) is 0 Å². The molecule has 1 aromatic heterocycles. The molecule has 1 aliphatic rings. The summed E-state index contributed by atoms with van der Waals surface area (Å²) in [6, 6.07) is 19.2. The van der Waals surface area contributed by atoms with Crippen molar-refractivity contribution in [2.45, 2.75) is 6.42 Å². The van der Waals surface area contributed by atoms with Crippen molar-refractivity contribution in [2.75, 3.05) is 16.8 Å². The fourth-order valence-electron chi connectivity index (χ4n) is 2.93. The van der Waals surface area contributed by atoms with E-state index in [0.717, 1.165) is 23.3 Å². The van der Waals surface area contributed by atoms with Crippen molar-refractivity contribution in [1.82, 2.24) is 10.2 Å². The van der Waals surface area contributed by atoms with Crippen molar-refractivity contribution in [2.24, 2.45) is 0 Å². The number of hydrogen-bond acceptors (Lipinski definition) is 4. The Balaban J connectivity index is 1.50. The molecule has 1 N–H and O–H groups in total. The molecule has 2 heterocycles. The highest BCUT2D eigenvalue weighted by atomic mass is 79.9. The number of halogens is 1. The molecule has 2 aromatic carbocycles. The molecule has 0 unspecified atom stereocenters. The van der Waals surface area contributed by atoms with Crippen molar-refractivity contribution in [3.8, 4) is 0 Å². The molecule has 0 fully saturated rings.